The number of ether oxygens (including phenoxy) is 5. The molecular formula is C23H30F2N2O6. The Morgan fingerprint density at radius 1 is 0.970 bits per heavy atom. The van der Waals surface area contributed by atoms with E-state index in [1.807, 2.05) is 0 Å². The van der Waals surface area contributed by atoms with Crippen molar-refractivity contribution >= 4 is 5.91 Å². The van der Waals surface area contributed by atoms with Crippen LogP contribution in [0, 0.1) is 0 Å². The van der Waals surface area contributed by atoms with Crippen molar-refractivity contribution in [2.45, 2.75) is 26.6 Å². The lowest BCUT2D eigenvalue weighted by Gasteiger charge is -2.19. The van der Waals surface area contributed by atoms with Crippen LogP contribution in [0.2, 0.25) is 0 Å². The first-order valence-electron chi connectivity index (χ1n) is 10.3. The molecule has 2 rings (SSSR count). The van der Waals surface area contributed by atoms with Crippen LogP contribution >= 0.6 is 0 Å². The molecule has 0 fully saturated rings. The SMILES string of the molecule is CCOc1cc(CN(C)CC(=O)NCc2cc(OC)c(OC)cc2OC)ccc1OC(F)F. The van der Waals surface area contributed by atoms with Crippen LogP contribution in [-0.4, -0.2) is 58.9 Å². The first kappa shape index (κ1) is 26.0. The molecule has 0 aliphatic carbocycles. The molecule has 10 heteroatoms. The maximum Gasteiger partial charge on any atom is 0.387 e. The molecule has 0 unspecified atom stereocenters. The molecule has 8 nitrogen and oxygen atoms in total. The van der Waals surface area contributed by atoms with E-state index in [0.717, 1.165) is 11.1 Å². The molecule has 0 bridgehead atoms. The van der Waals surface area contributed by atoms with E-state index in [9.17, 15) is 13.6 Å². The molecule has 0 aromatic heterocycles. The van der Waals surface area contributed by atoms with Crippen LogP contribution in [0.25, 0.3) is 0 Å². The number of methoxy groups -OCH3 is 3. The Labute approximate surface area is 192 Å². The lowest BCUT2D eigenvalue weighted by Crippen LogP contribution is -2.34. The summed E-state index contributed by atoms with van der Waals surface area (Å²) in [5.74, 6) is 1.63. The van der Waals surface area contributed by atoms with Gasteiger partial charge in [0, 0.05) is 24.7 Å². The standard InChI is InChI=1S/C23H30F2N2O6/c1-6-32-21-9-15(7-8-17(21)33-23(24)25)13-27(2)14-22(28)26-12-16-10-19(30-4)20(31-5)11-18(16)29-3/h7-11,23H,6,12-14H2,1-5H3,(H,26,28). The fourth-order valence-electron chi connectivity index (χ4n) is 3.21. The van der Waals surface area contributed by atoms with Crippen molar-refractivity contribution in [1.82, 2.24) is 10.2 Å². The summed E-state index contributed by atoms with van der Waals surface area (Å²) in [4.78, 5) is 14.3. The third-order valence-electron chi connectivity index (χ3n) is 4.65. The predicted molar refractivity (Wildman–Crippen MR) is 119 cm³/mol. The molecule has 2 aromatic carbocycles. The van der Waals surface area contributed by atoms with E-state index in [0.29, 0.717) is 30.4 Å². The zero-order valence-corrected chi connectivity index (χ0v) is 19.4. The number of benzene rings is 2. The first-order valence-corrected chi connectivity index (χ1v) is 10.3. The fourth-order valence-corrected chi connectivity index (χ4v) is 3.21. The van der Waals surface area contributed by atoms with Gasteiger partial charge in [-0.1, -0.05) is 6.07 Å². The number of amides is 1. The average Bonchev–Trinajstić information content (AvgIpc) is 2.78. The van der Waals surface area contributed by atoms with Crippen LogP contribution in [0.15, 0.2) is 30.3 Å². The number of nitrogens with zero attached hydrogens (tertiary/aromatic N) is 1. The second-order valence-electron chi connectivity index (χ2n) is 7.06. The van der Waals surface area contributed by atoms with Gasteiger partial charge in [-0.05, 0) is 37.7 Å². The van der Waals surface area contributed by atoms with Crippen molar-refractivity contribution in [3.63, 3.8) is 0 Å². The molecule has 1 N–H and O–H groups in total. The highest BCUT2D eigenvalue weighted by atomic mass is 19.3. The summed E-state index contributed by atoms with van der Waals surface area (Å²) in [6.07, 6.45) is 0. The zero-order chi connectivity index (χ0) is 24.4. The molecule has 2 aromatic rings. The summed E-state index contributed by atoms with van der Waals surface area (Å²) in [5, 5.41) is 2.86. The molecule has 1 amide bonds. The minimum atomic E-state index is -2.94. The number of alkyl halides is 2. The Balaban J connectivity index is 1.98. The Kier molecular flexibility index (Phi) is 9.99. The van der Waals surface area contributed by atoms with E-state index in [2.05, 4.69) is 10.1 Å². The van der Waals surface area contributed by atoms with Gasteiger partial charge < -0.3 is 29.0 Å². The van der Waals surface area contributed by atoms with Gasteiger partial charge in [-0.2, -0.15) is 8.78 Å². The van der Waals surface area contributed by atoms with Gasteiger partial charge in [0.15, 0.2) is 23.0 Å². The molecular weight excluding hydrogens is 438 g/mol. The van der Waals surface area contributed by atoms with Gasteiger partial charge in [0.1, 0.15) is 5.75 Å². The molecule has 0 atom stereocenters. The zero-order valence-electron chi connectivity index (χ0n) is 19.4. The summed E-state index contributed by atoms with van der Waals surface area (Å²) < 4.78 is 51.0. The van der Waals surface area contributed by atoms with Crippen LogP contribution < -0.4 is 29.0 Å². The van der Waals surface area contributed by atoms with E-state index in [4.69, 9.17) is 18.9 Å². The molecule has 0 heterocycles. The van der Waals surface area contributed by atoms with Gasteiger partial charge in [0.05, 0.1) is 34.5 Å². The first-order chi connectivity index (χ1) is 15.8. The van der Waals surface area contributed by atoms with E-state index in [1.165, 1.54) is 27.4 Å². The molecule has 0 saturated heterocycles. The average molecular weight is 468 g/mol. The van der Waals surface area contributed by atoms with Gasteiger partial charge in [0.25, 0.3) is 0 Å². The summed E-state index contributed by atoms with van der Waals surface area (Å²) in [6, 6.07) is 8.17. The van der Waals surface area contributed by atoms with Gasteiger partial charge in [0.2, 0.25) is 5.91 Å². The number of carbonyl (C=O) groups excluding carboxylic acids is 1. The van der Waals surface area contributed by atoms with Crippen molar-refractivity contribution in [3.8, 4) is 28.7 Å². The van der Waals surface area contributed by atoms with Crippen molar-refractivity contribution in [2.75, 3.05) is 41.5 Å². The maximum absolute atomic E-state index is 12.6. The van der Waals surface area contributed by atoms with Crippen LogP contribution in [0.1, 0.15) is 18.1 Å². The molecule has 0 aliphatic heterocycles. The Morgan fingerprint density at radius 2 is 1.64 bits per heavy atom. The van der Waals surface area contributed by atoms with Gasteiger partial charge in [-0.3, -0.25) is 9.69 Å². The van der Waals surface area contributed by atoms with Gasteiger partial charge in [-0.25, -0.2) is 0 Å². The highest BCUT2D eigenvalue weighted by Gasteiger charge is 2.15. The second kappa shape index (κ2) is 12.7. The number of carbonyl (C=O) groups is 1. The third-order valence-corrected chi connectivity index (χ3v) is 4.65. The highest BCUT2D eigenvalue weighted by molar-refractivity contribution is 5.78. The molecule has 0 spiro atoms. The highest BCUT2D eigenvalue weighted by Crippen LogP contribution is 2.34. The van der Waals surface area contributed by atoms with E-state index >= 15 is 0 Å². The quantitative estimate of drug-likeness (QED) is 0.482. The van der Waals surface area contributed by atoms with Gasteiger partial charge in [-0.15, -0.1) is 0 Å². The largest absolute Gasteiger partial charge is 0.496 e. The minimum Gasteiger partial charge on any atom is -0.496 e. The van der Waals surface area contributed by atoms with Crippen LogP contribution in [0.4, 0.5) is 8.78 Å². The number of likely N-dealkylation sites (N-methyl/N-ethyl adjacent to an activating group) is 1. The Hall–Kier alpha value is -3.27. The summed E-state index contributed by atoms with van der Waals surface area (Å²) in [7, 11) is 6.38. The third kappa shape index (κ3) is 7.67. The summed E-state index contributed by atoms with van der Waals surface area (Å²) in [6.45, 7) is -0.115. The summed E-state index contributed by atoms with van der Waals surface area (Å²) >= 11 is 0. The number of halogens is 2. The number of hydrogen-bond donors (Lipinski definition) is 1. The summed E-state index contributed by atoms with van der Waals surface area (Å²) in [5.41, 5.74) is 1.53. The number of hydrogen-bond acceptors (Lipinski definition) is 7. The van der Waals surface area contributed by atoms with E-state index < -0.39 is 6.61 Å². The predicted octanol–water partition coefficient (Wildman–Crippen LogP) is 3.46. The Bertz CT molecular complexity index is 926. The monoisotopic (exact) mass is 468 g/mol. The second-order valence-corrected chi connectivity index (χ2v) is 7.06. The van der Waals surface area contributed by atoms with E-state index in [-0.39, 0.29) is 30.5 Å². The number of rotatable bonds is 13. The molecule has 0 saturated carbocycles. The van der Waals surface area contributed by atoms with Crippen molar-refractivity contribution in [1.29, 1.82) is 0 Å². The van der Waals surface area contributed by atoms with Crippen LogP contribution in [0.3, 0.4) is 0 Å². The minimum absolute atomic E-state index is 0.0279. The van der Waals surface area contributed by atoms with Gasteiger partial charge >= 0.3 is 6.61 Å². The molecule has 33 heavy (non-hydrogen) atoms. The van der Waals surface area contributed by atoms with Crippen molar-refractivity contribution in [3.05, 3.63) is 41.5 Å². The molecule has 0 aliphatic rings. The Morgan fingerprint density at radius 3 is 2.24 bits per heavy atom. The lowest BCUT2D eigenvalue weighted by molar-refractivity contribution is -0.122. The van der Waals surface area contributed by atoms with E-state index in [1.54, 1.807) is 43.1 Å². The normalized spacial score (nSPS) is 10.8. The maximum atomic E-state index is 12.6. The van der Waals surface area contributed by atoms with Crippen molar-refractivity contribution in [2.24, 2.45) is 0 Å². The fraction of sp³-hybridized carbons (Fsp3) is 0.435. The van der Waals surface area contributed by atoms with Crippen LogP contribution in [0.5, 0.6) is 28.7 Å². The van der Waals surface area contributed by atoms with Crippen molar-refractivity contribution < 1.29 is 37.3 Å². The topological polar surface area (TPSA) is 78.5 Å². The lowest BCUT2D eigenvalue weighted by atomic mass is 10.1. The smallest absolute Gasteiger partial charge is 0.387 e. The molecule has 0 radical (unpaired) electrons. The van der Waals surface area contributed by atoms with Crippen LogP contribution in [-0.2, 0) is 17.9 Å². The number of nitrogens with one attached hydrogen (secondary N) is 1. The molecule has 182 valence electrons.